The monoisotopic (exact) mass is 447 g/mol. The second-order valence-corrected chi connectivity index (χ2v) is 10.6. The highest BCUT2D eigenvalue weighted by atomic mass is 35.5. The predicted molar refractivity (Wildman–Crippen MR) is 117 cm³/mol. The Hall–Kier alpha value is -0.730. The van der Waals surface area contributed by atoms with Crippen molar-refractivity contribution in [3.8, 4) is 0 Å². The summed E-state index contributed by atoms with van der Waals surface area (Å²) < 4.78 is 0. The quantitative estimate of drug-likeness (QED) is 0.529. The number of hydrogen-bond donors (Lipinski definition) is 2. The fraction of sp³-hybridized carbons (Fsp3) is 0.850. The number of halogens is 2. The molecule has 0 bridgehead atoms. The van der Waals surface area contributed by atoms with E-state index in [2.05, 4.69) is 53.0 Å². The fourth-order valence-electron chi connectivity index (χ4n) is 4.41. The molecule has 1 fully saturated rings. The van der Waals surface area contributed by atoms with Gasteiger partial charge >= 0.3 is 0 Å². The summed E-state index contributed by atoms with van der Waals surface area (Å²) in [5, 5.41) is 15.5. The van der Waals surface area contributed by atoms with Crippen molar-refractivity contribution in [1.29, 1.82) is 0 Å². The second kappa shape index (κ2) is 9.60. The van der Waals surface area contributed by atoms with Crippen molar-refractivity contribution in [1.82, 2.24) is 20.0 Å². The van der Waals surface area contributed by atoms with E-state index in [1.54, 1.807) is 13.8 Å². The van der Waals surface area contributed by atoms with Crippen LogP contribution in [0.2, 0.25) is 10.6 Å². The first-order valence-electron chi connectivity index (χ1n) is 10.3. The largest absolute Gasteiger partial charge is 0.388 e. The average molecular weight is 448 g/mol. The Morgan fingerprint density at radius 3 is 2.14 bits per heavy atom. The molecule has 0 saturated carbocycles. The van der Waals surface area contributed by atoms with Crippen LogP contribution in [0.15, 0.2) is 0 Å². The van der Waals surface area contributed by atoms with Gasteiger partial charge in [0, 0.05) is 17.6 Å². The molecule has 29 heavy (non-hydrogen) atoms. The SMILES string of the molecule is CC(C)(O)CON1C(C)(C)CC(CCCCNc2nc(Cl)nc(Cl)n2)CC1(C)C. The molecular weight excluding hydrogens is 413 g/mol. The molecule has 1 saturated heterocycles. The van der Waals surface area contributed by atoms with Crippen LogP contribution >= 0.6 is 23.2 Å². The molecule has 0 amide bonds. The van der Waals surface area contributed by atoms with Crippen LogP contribution in [0.25, 0.3) is 0 Å². The van der Waals surface area contributed by atoms with Crippen molar-refractivity contribution in [2.45, 2.75) is 90.3 Å². The third-order valence-electron chi connectivity index (χ3n) is 5.13. The number of rotatable bonds is 9. The van der Waals surface area contributed by atoms with Gasteiger partial charge in [-0.15, -0.1) is 0 Å². The summed E-state index contributed by atoms with van der Waals surface area (Å²) in [5.74, 6) is 1.04. The van der Waals surface area contributed by atoms with Crippen molar-refractivity contribution in [3.63, 3.8) is 0 Å². The summed E-state index contributed by atoms with van der Waals surface area (Å²) >= 11 is 11.6. The van der Waals surface area contributed by atoms with Crippen molar-refractivity contribution in [2.75, 3.05) is 18.5 Å². The molecule has 0 aliphatic carbocycles. The first-order valence-corrected chi connectivity index (χ1v) is 11.0. The Kier molecular flexibility index (Phi) is 8.13. The minimum atomic E-state index is -0.844. The van der Waals surface area contributed by atoms with Gasteiger partial charge in [-0.05, 0) is 89.9 Å². The number of hydroxylamine groups is 2. The van der Waals surface area contributed by atoms with Crippen molar-refractivity contribution < 1.29 is 9.94 Å². The van der Waals surface area contributed by atoms with Crippen LogP contribution in [0.3, 0.4) is 0 Å². The maximum atomic E-state index is 10.0. The molecule has 9 heteroatoms. The van der Waals surface area contributed by atoms with Gasteiger partial charge in [-0.25, -0.2) is 0 Å². The zero-order valence-corrected chi connectivity index (χ0v) is 19.9. The summed E-state index contributed by atoms with van der Waals surface area (Å²) in [6.07, 6.45) is 5.41. The number of aliphatic hydroxyl groups is 1. The topological polar surface area (TPSA) is 83.4 Å². The molecule has 1 aromatic rings. The fourth-order valence-corrected chi connectivity index (χ4v) is 4.77. The Bertz CT molecular complexity index is 641. The molecule has 1 aromatic heterocycles. The van der Waals surface area contributed by atoms with Crippen LogP contribution in [0.4, 0.5) is 5.95 Å². The van der Waals surface area contributed by atoms with Crippen LogP contribution < -0.4 is 5.32 Å². The van der Waals surface area contributed by atoms with Crippen LogP contribution in [0.5, 0.6) is 0 Å². The van der Waals surface area contributed by atoms with E-state index < -0.39 is 5.60 Å². The molecule has 0 radical (unpaired) electrons. The van der Waals surface area contributed by atoms with E-state index in [0.29, 0.717) is 18.5 Å². The smallest absolute Gasteiger partial charge is 0.228 e. The molecule has 0 atom stereocenters. The van der Waals surface area contributed by atoms with Crippen molar-refractivity contribution in [2.24, 2.45) is 5.92 Å². The summed E-state index contributed by atoms with van der Waals surface area (Å²) in [7, 11) is 0. The molecule has 0 unspecified atom stereocenters. The lowest BCUT2D eigenvalue weighted by molar-refractivity contribution is -0.302. The summed E-state index contributed by atoms with van der Waals surface area (Å²) in [6.45, 7) is 13.5. The van der Waals surface area contributed by atoms with Gasteiger partial charge in [-0.2, -0.15) is 20.0 Å². The number of nitrogens with zero attached hydrogens (tertiary/aromatic N) is 4. The second-order valence-electron chi connectivity index (χ2n) is 9.90. The molecule has 7 nitrogen and oxygen atoms in total. The lowest BCUT2D eigenvalue weighted by Gasteiger charge is -2.54. The lowest BCUT2D eigenvalue weighted by Crippen LogP contribution is -2.61. The number of anilines is 1. The minimum Gasteiger partial charge on any atom is -0.388 e. The molecule has 2 heterocycles. The van der Waals surface area contributed by atoms with Crippen molar-refractivity contribution >= 4 is 29.2 Å². The molecule has 0 spiro atoms. The Balaban J connectivity index is 1.80. The highest BCUT2D eigenvalue weighted by molar-refractivity contribution is 6.31. The van der Waals surface area contributed by atoms with E-state index in [9.17, 15) is 5.11 Å². The van der Waals surface area contributed by atoms with Crippen LogP contribution in [0.1, 0.15) is 73.6 Å². The standard InChI is InChI=1S/C20H35Cl2N5O2/c1-18(2)11-14(12-19(3,4)27(18)29-13-20(5,6)28)9-7-8-10-23-17-25-15(21)24-16(22)26-17/h14,28H,7-13H2,1-6H3,(H,23,24,25,26). The summed E-state index contributed by atoms with van der Waals surface area (Å²) in [5.41, 5.74) is -1.02. The Morgan fingerprint density at radius 1 is 1.07 bits per heavy atom. The third-order valence-corrected chi connectivity index (χ3v) is 5.46. The molecule has 2 N–H and O–H groups in total. The number of hydrogen-bond acceptors (Lipinski definition) is 7. The van der Waals surface area contributed by atoms with Gasteiger partial charge in [-0.1, -0.05) is 12.8 Å². The van der Waals surface area contributed by atoms with E-state index in [1.165, 1.54) is 0 Å². The van der Waals surface area contributed by atoms with Crippen LogP contribution in [-0.4, -0.2) is 55.0 Å². The zero-order valence-electron chi connectivity index (χ0n) is 18.4. The molecular formula is C20H35Cl2N5O2. The van der Waals surface area contributed by atoms with Gasteiger partial charge in [0.05, 0.1) is 12.2 Å². The van der Waals surface area contributed by atoms with Gasteiger partial charge < -0.3 is 10.4 Å². The van der Waals surface area contributed by atoms with Gasteiger partial charge in [0.2, 0.25) is 16.5 Å². The highest BCUT2D eigenvalue weighted by Gasteiger charge is 2.46. The van der Waals surface area contributed by atoms with Crippen molar-refractivity contribution in [3.05, 3.63) is 10.6 Å². The molecule has 166 valence electrons. The summed E-state index contributed by atoms with van der Waals surface area (Å²) in [6, 6.07) is 0. The van der Waals surface area contributed by atoms with E-state index in [4.69, 9.17) is 28.0 Å². The molecule has 1 aliphatic heterocycles. The van der Waals surface area contributed by atoms with E-state index in [1.807, 2.05) is 0 Å². The average Bonchev–Trinajstić information content (AvgIpc) is 2.50. The first-order chi connectivity index (χ1) is 13.3. The first kappa shape index (κ1) is 24.5. The predicted octanol–water partition coefficient (Wildman–Crippen LogP) is 4.73. The van der Waals surface area contributed by atoms with Crippen LogP contribution in [-0.2, 0) is 4.84 Å². The lowest BCUT2D eigenvalue weighted by atomic mass is 9.73. The maximum Gasteiger partial charge on any atom is 0.228 e. The molecule has 0 aromatic carbocycles. The highest BCUT2D eigenvalue weighted by Crippen LogP contribution is 2.43. The van der Waals surface area contributed by atoms with Gasteiger partial charge in [0.15, 0.2) is 0 Å². The van der Waals surface area contributed by atoms with E-state index in [0.717, 1.165) is 38.6 Å². The number of aromatic nitrogens is 3. The third kappa shape index (κ3) is 7.79. The Labute approximate surface area is 184 Å². The molecule has 1 aliphatic rings. The number of unbranched alkanes of at least 4 members (excludes halogenated alkanes) is 1. The zero-order chi connectivity index (χ0) is 21.9. The number of piperidine rings is 1. The van der Waals surface area contributed by atoms with E-state index in [-0.39, 0.29) is 21.6 Å². The minimum absolute atomic E-state index is 0.0890. The summed E-state index contributed by atoms with van der Waals surface area (Å²) in [4.78, 5) is 17.8. The van der Waals surface area contributed by atoms with E-state index >= 15 is 0 Å². The van der Waals surface area contributed by atoms with Gasteiger partial charge in [0.1, 0.15) is 0 Å². The Morgan fingerprint density at radius 2 is 1.62 bits per heavy atom. The van der Waals surface area contributed by atoms with Gasteiger partial charge in [0.25, 0.3) is 0 Å². The maximum absolute atomic E-state index is 10.0. The molecule has 2 rings (SSSR count). The normalized spacial score (nSPS) is 20.0. The van der Waals surface area contributed by atoms with Gasteiger partial charge in [-0.3, -0.25) is 4.84 Å². The number of nitrogens with one attached hydrogen (secondary N) is 1. The van der Waals surface area contributed by atoms with Crippen LogP contribution in [0, 0.1) is 5.92 Å².